The number of nitrogens with zero attached hydrogens (tertiary/aromatic N) is 3. The van der Waals surface area contributed by atoms with Crippen molar-refractivity contribution in [3.05, 3.63) is 205 Å². The van der Waals surface area contributed by atoms with Gasteiger partial charge in [0.1, 0.15) is 0 Å². The van der Waals surface area contributed by atoms with E-state index in [1.54, 1.807) is 0 Å². The average molecular weight is 675 g/mol. The van der Waals surface area contributed by atoms with Crippen LogP contribution in [0, 0.1) is 13.8 Å². The van der Waals surface area contributed by atoms with Gasteiger partial charge in [0.05, 0.1) is 5.39 Å². The van der Waals surface area contributed by atoms with E-state index in [0.29, 0.717) is 6.73 Å². The van der Waals surface area contributed by atoms with E-state index in [1.807, 2.05) is 24.4 Å². The maximum Gasteiger partial charge on any atom is 0.293 e. The van der Waals surface area contributed by atoms with Crippen molar-refractivity contribution < 1.29 is 9.30 Å². The highest BCUT2D eigenvalue weighted by molar-refractivity contribution is 5.82. The molecule has 252 valence electrons. The van der Waals surface area contributed by atoms with Crippen LogP contribution >= 0.6 is 0 Å². The minimum absolute atomic E-state index is 0.649. The Morgan fingerprint density at radius 2 is 0.865 bits per heavy atom. The van der Waals surface area contributed by atoms with Gasteiger partial charge >= 0.3 is 0 Å². The van der Waals surface area contributed by atoms with E-state index in [1.165, 1.54) is 33.2 Å². The molecule has 0 fully saturated rings. The summed E-state index contributed by atoms with van der Waals surface area (Å²) in [5.74, 6) is 0.994. The predicted molar refractivity (Wildman–Crippen MR) is 215 cm³/mol. The molecule has 0 spiro atoms. The van der Waals surface area contributed by atoms with Gasteiger partial charge in [0.25, 0.3) is 12.2 Å². The van der Waals surface area contributed by atoms with E-state index in [2.05, 4.69) is 198 Å². The first-order valence-electron chi connectivity index (χ1n) is 17.7. The molecule has 0 radical (unpaired) electrons. The Labute approximate surface area is 306 Å². The fourth-order valence-corrected chi connectivity index (χ4v) is 6.86. The summed E-state index contributed by atoms with van der Waals surface area (Å²) in [6.07, 6.45) is 2.04. The second-order valence-electron chi connectivity index (χ2n) is 13.1. The van der Waals surface area contributed by atoms with Crippen LogP contribution in [0.3, 0.4) is 0 Å². The largest absolute Gasteiger partial charge is 0.429 e. The van der Waals surface area contributed by atoms with Crippen molar-refractivity contribution in [3.63, 3.8) is 0 Å². The molecule has 0 N–H and O–H groups in total. The van der Waals surface area contributed by atoms with Crippen molar-refractivity contribution in [2.75, 3.05) is 9.80 Å². The van der Waals surface area contributed by atoms with Crippen molar-refractivity contribution in [2.45, 2.75) is 20.6 Å². The Balaban J connectivity index is 0.000000269. The van der Waals surface area contributed by atoms with Gasteiger partial charge in [-0.25, -0.2) is 0 Å². The van der Waals surface area contributed by atoms with Crippen LogP contribution in [0.15, 0.2) is 194 Å². The highest BCUT2D eigenvalue weighted by Crippen LogP contribution is 2.38. The van der Waals surface area contributed by atoms with Gasteiger partial charge < -0.3 is 14.5 Å². The zero-order valence-electron chi connectivity index (χ0n) is 29.4. The highest BCUT2D eigenvalue weighted by atomic mass is 16.5. The zero-order chi connectivity index (χ0) is 35.3. The number of pyridine rings is 1. The van der Waals surface area contributed by atoms with Crippen LogP contribution in [0.25, 0.3) is 22.0 Å². The highest BCUT2D eigenvalue weighted by Gasteiger charge is 2.21. The summed E-state index contributed by atoms with van der Waals surface area (Å²) in [4.78, 5) is 4.61. The minimum atomic E-state index is 0.649. The van der Waals surface area contributed by atoms with E-state index >= 15 is 0 Å². The third-order valence-corrected chi connectivity index (χ3v) is 9.35. The molecule has 2 heterocycles. The lowest BCUT2D eigenvalue weighted by molar-refractivity contribution is -0.688. The van der Waals surface area contributed by atoms with E-state index in [0.717, 1.165) is 39.9 Å². The summed E-state index contributed by atoms with van der Waals surface area (Å²) in [7, 11) is 0. The molecule has 1 aliphatic heterocycles. The summed E-state index contributed by atoms with van der Waals surface area (Å²) in [5, 5.41) is 1.24. The molecule has 0 bridgehead atoms. The lowest BCUT2D eigenvalue weighted by Gasteiger charge is -2.26. The normalized spacial score (nSPS) is 11.3. The Bertz CT molecular complexity index is 2260. The van der Waals surface area contributed by atoms with Crippen molar-refractivity contribution in [3.8, 4) is 16.9 Å². The minimum Gasteiger partial charge on any atom is -0.429 e. The zero-order valence-corrected chi connectivity index (χ0v) is 29.4. The molecule has 0 saturated carbocycles. The standard InChI is InChI=1S/C38H32N2.C10H8NO/c1-29-11-9-17-37(27-29)39(33-13-5-3-6-14-33)35-23-19-31(20-24-35)32-21-25-36(26-22-32)40(34-15-7-4-8-16-34)38-18-10-12-30(2)28-38;1-3-8-4-2-6-11-7-12-9(5-1)10(8)11/h3-28H,1-2H3;1-6H,7H2/q;+1. The Morgan fingerprint density at radius 3 is 1.37 bits per heavy atom. The monoisotopic (exact) mass is 674 g/mol. The van der Waals surface area contributed by atoms with E-state index in [-0.39, 0.29) is 0 Å². The van der Waals surface area contributed by atoms with Crippen LogP contribution in [0.4, 0.5) is 34.1 Å². The summed E-state index contributed by atoms with van der Waals surface area (Å²) < 4.78 is 7.59. The summed E-state index contributed by atoms with van der Waals surface area (Å²) in [6.45, 7) is 4.92. The van der Waals surface area contributed by atoms with E-state index in [9.17, 15) is 0 Å². The first-order valence-corrected chi connectivity index (χ1v) is 17.7. The average Bonchev–Trinajstić information content (AvgIpc) is 3.62. The molecule has 0 atom stereocenters. The summed E-state index contributed by atoms with van der Waals surface area (Å²) >= 11 is 0. The molecule has 52 heavy (non-hydrogen) atoms. The number of aromatic nitrogens is 1. The Hall–Kier alpha value is -6.65. The number of benzene rings is 7. The maximum absolute atomic E-state index is 5.48. The first-order chi connectivity index (χ1) is 25.6. The number of anilines is 6. The molecule has 9 rings (SSSR count). The number of hydrogen-bond donors (Lipinski definition) is 0. The van der Waals surface area contributed by atoms with Crippen LogP contribution < -0.4 is 19.1 Å². The van der Waals surface area contributed by atoms with E-state index in [4.69, 9.17) is 4.74 Å². The summed E-state index contributed by atoms with van der Waals surface area (Å²) in [6, 6.07) is 66.3. The van der Waals surface area contributed by atoms with Crippen molar-refractivity contribution >= 4 is 45.0 Å². The number of para-hydroxylation sites is 3. The Morgan fingerprint density at radius 1 is 0.423 bits per heavy atom. The van der Waals surface area contributed by atoms with Gasteiger partial charge in [-0.2, -0.15) is 4.57 Å². The quantitative estimate of drug-likeness (QED) is 0.157. The number of ether oxygens (including phenoxy) is 1. The third kappa shape index (κ3) is 6.87. The molecule has 8 aromatic rings. The van der Waals surface area contributed by atoms with Gasteiger partial charge in [-0.15, -0.1) is 0 Å². The maximum atomic E-state index is 5.48. The molecule has 0 amide bonds. The number of hydrogen-bond acceptors (Lipinski definition) is 3. The SMILES string of the molecule is Cc1cccc(N(c2ccccc2)c2ccc(-c3ccc(N(c4ccccc4)c4cccc(C)c4)cc3)cc2)c1.c1cc2c3c(c1)ccc[n+]3CO2. The van der Waals surface area contributed by atoms with Crippen LogP contribution in [-0.4, -0.2) is 0 Å². The van der Waals surface area contributed by atoms with Crippen LogP contribution in [0.5, 0.6) is 5.75 Å². The second-order valence-corrected chi connectivity index (χ2v) is 13.1. The van der Waals surface area contributed by atoms with Crippen molar-refractivity contribution in [2.24, 2.45) is 0 Å². The van der Waals surface area contributed by atoms with Gasteiger partial charge in [-0.05, 0) is 127 Å². The molecule has 1 aromatic heterocycles. The van der Waals surface area contributed by atoms with Gasteiger partial charge in [0.2, 0.25) is 0 Å². The molecule has 4 nitrogen and oxygen atoms in total. The second kappa shape index (κ2) is 14.7. The third-order valence-electron chi connectivity index (χ3n) is 9.35. The molecule has 1 aliphatic rings. The molecular formula is C48H40N3O+. The van der Waals surface area contributed by atoms with Crippen LogP contribution in [0.1, 0.15) is 11.1 Å². The molecule has 0 unspecified atom stereocenters. The fourth-order valence-electron chi connectivity index (χ4n) is 6.86. The van der Waals surface area contributed by atoms with Crippen molar-refractivity contribution in [1.82, 2.24) is 0 Å². The molecule has 7 aromatic carbocycles. The molecular weight excluding hydrogens is 635 g/mol. The predicted octanol–water partition coefficient (Wildman–Crippen LogP) is 12.4. The summed E-state index contributed by atoms with van der Waals surface area (Å²) in [5.41, 5.74) is 12.9. The van der Waals surface area contributed by atoms with Gasteiger partial charge in [0, 0.05) is 40.2 Å². The Kier molecular flexibility index (Phi) is 9.19. The fraction of sp³-hybridized carbons (Fsp3) is 0.0625. The number of aryl methyl sites for hydroxylation is 2. The first kappa shape index (κ1) is 32.5. The van der Waals surface area contributed by atoms with Gasteiger partial charge in [-0.3, -0.25) is 0 Å². The molecule has 0 aliphatic carbocycles. The van der Waals surface area contributed by atoms with E-state index < -0.39 is 0 Å². The lowest BCUT2D eigenvalue weighted by atomic mass is 10.0. The van der Waals surface area contributed by atoms with Crippen LogP contribution in [0.2, 0.25) is 0 Å². The van der Waals surface area contributed by atoms with Gasteiger partial charge in [0.15, 0.2) is 11.9 Å². The molecule has 4 heteroatoms. The number of rotatable bonds is 7. The topological polar surface area (TPSA) is 19.6 Å². The smallest absolute Gasteiger partial charge is 0.293 e. The van der Waals surface area contributed by atoms with Crippen LogP contribution in [-0.2, 0) is 6.73 Å². The van der Waals surface area contributed by atoms with Crippen molar-refractivity contribution in [1.29, 1.82) is 0 Å². The molecule has 0 saturated heterocycles. The lowest BCUT2D eigenvalue weighted by Crippen LogP contribution is -2.31. The van der Waals surface area contributed by atoms with Gasteiger partial charge in [-0.1, -0.05) is 91.0 Å².